The summed E-state index contributed by atoms with van der Waals surface area (Å²) < 4.78 is 0. The monoisotopic (exact) mass is 278 g/mol. The van der Waals surface area contributed by atoms with Crippen LogP contribution in [0.4, 0.5) is 0 Å². The molecule has 2 saturated carbocycles. The minimum absolute atomic E-state index is 0.528. The lowest BCUT2D eigenvalue weighted by molar-refractivity contribution is 0.0714. The van der Waals surface area contributed by atoms with Crippen LogP contribution >= 0.6 is 0 Å². The van der Waals surface area contributed by atoms with Gasteiger partial charge in [0, 0.05) is 11.6 Å². The molecular formula is C18H34N2. The molecule has 1 unspecified atom stereocenters. The van der Waals surface area contributed by atoms with Crippen LogP contribution in [0.5, 0.6) is 0 Å². The molecule has 3 rings (SSSR count). The molecule has 1 atom stereocenters. The standard InChI is InChI=1S/C18H34N2/c1-2-13-19-17(10-9-16-7-8-16)18(11-3-4-12-18)20-14-5-6-15-20/h16-17,19H,2-15H2,1H3. The Kier molecular flexibility index (Phi) is 5.04. The van der Waals surface area contributed by atoms with Crippen molar-refractivity contribution >= 4 is 0 Å². The quantitative estimate of drug-likeness (QED) is 0.723. The zero-order valence-electron chi connectivity index (χ0n) is 13.5. The molecule has 0 spiro atoms. The van der Waals surface area contributed by atoms with E-state index >= 15 is 0 Å². The van der Waals surface area contributed by atoms with E-state index in [1.54, 1.807) is 0 Å². The summed E-state index contributed by atoms with van der Waals surface area (Å²) >= 11 is 0. The molecule has 0 aromatic rings. The van der Waals surface area contributed by atoms with Crippen molar-refractivity contribution in [3.05, 3.63) is 0 Å². The van der Waals surface area contributed by atoms with E-state index in [0.717, 1.165) is 12.0 Å². The van der Waals surface area contributed by atoms with Gasteiger partial charge in [-0.15, -0.1) is 0 Å². The lowest BCUT2D eigenvalue weighted by Crippen LogP contribution is -2.59. The SMILES string of the molecule is CCCNC(CCC1CC1)C1(N2CCCC2)CCCC1. The average Bonchev–Trinajstić information content (AvgIpc) is 2.96. The smallest absolute Gasteiger partial charge is 0.0362 e. The molecular weight excluding hydrogens is 244 g/mol. The third kappa shape index (κ3) is 3.22. The Labute approximate surface area is 125 Å². The van der Waals surface area contributed by atoms with Gasteiger partial charge in [-0.05, 0) is 70.5 Å². The molecule has 20 heavy (non-hydrogen) atoms. The average molecular weight is 278 g/mol. The van der Waals surface area contributed by atoms with E-state index in [2.05, 4.69) is 17.1 Å². The third-order valence-corrected chi connectivity index (χ3v) is 6.06. The molecule has 116 valence electrons. The summed E-state index contributed by atoms with van der Waals surface area (Å²) in [6.45, 7) is 6.26. The zero-order valence-corrected chi connectivity index (χ0v) is 13.5. The van der Waals surface area contributed by atoms with Gasteiger partial charge in [0.25, 0.3) is 0 Å². The fourth-order valence-corrected chi connectivity index (χ4v) is 4.72. The first kappa shape index (κ1) is 14.8. The molecule has 2 aliphatic carbocycles. The maximum atomic E-state index is 3.97. The molecule has 3 fully saturated rings. The molecule has 0 radical (unpaired) electrons. The van der Waals surface area contributed by atoms with Gasteiger partial charge in [-0.1, -0.05) is 32.6 Å². The summed E-state index contributed by atoms with van der Waals surface area (Å²) in [5.74, 6) is 1.08. The normalized spacial score (nSPS) is 28.1. The Balaban J connectivity index is 1.68. The lowest BCUT2D eigenvalue weighted by Gasteiger charge is -2.46. The van der Waals surface area contributed by atoms with E-state index < -0.39 is 0 Å². The highest BCUT2D eigenvalue weighted by Crippen LogP contribution is 2.43. The molecule has 0 aromatic carbocycles. The van der Waals surface area contributed by atoms with Crippen molar-refractivity contribution in [1.29, 1.82) is 0 Å². The van der Waals surface area contributed by atoms with Gasteiger partial charge in [0.15, 0.2) is 0 Å². The second-order valence-electron chi connectivity index (χ2n) is 7.53. The highest BCUT2D eigenvalue weighted by molar-refractivity contribution is 5.05. The van der Waals surface area contributed by atoms with E-state index in [4.69, 9.17) is 0 Å². The summed E-state index contributed by atoms with van der Waals surface area (Å²) in [4.78, 5) is 2.89. The third-order valence-electron chi connectivity index (χ3n) is 6.06. The van der Waals surface area contributed by atoms with Gasteiger partial charge in [0.1, 0.15) is 0 Å². The van der Waals surface area contributed by atoms with Crippen LogP contribution in [-0.2, 0) is 0 Å². The van der Waals surface area contributed by atoms with E-state index in [-0.39, 0.29) is 0 Å². The number of rotatable bonds is 8. The molecule has 3 aliphatic rings. The van der Waals surface area contributed by atoms with Crippen molar-refractivity contribution in [2.75, 3.05) is 19.6 Å². The minimum Gasteiger partial charge on any atom is -0.312 e. The van der Waals surface area contributed by atoms with Crippen molar-refractivity contribution in [1.82, 2.24) is 10.2 Å². The molecule has 2 heteroatoms. The van der Waals surface area contributed by atoms with E-state index in [0.29, 0.717) is 5.54 Å². The summed E-state index contributed by atoms with van der Waals surface area (Å²) in [6, 6.07) is 0.767. The molecule has 0 amide bonds. The highest BCUT2D eigenvalue weighted by atomic mass is 15.2. The van der Waals surface area contributed by atoms with Crippen molar-refractivity contribution in [2.45, 2.75) is 89.1 Å². The summed E-state index contributed by atoms with van der Waals surface area (Å²) in [5, 5.41) is 3.97. The van der Waals surface area contributed by atoms with Crippen molar-refractivity contribution in [3.8, 4) is 0 Å². The predicted molar refractivity (Wildman–Crippen MR) is 86.0 cm³/mol. The number of nitrogens with zero attached hydrogens (tertiary/aromatic N) is 1. The zero-order chi connectivity index (χ0) is 13.8. The van der Waals surface area contributed by atoms with Gasteiger partial charge in [0.05, 0.1) is 0 Å². The van der Waals surface area contributed by atoms with Gasteiger partial charge in [-0.3, -0.25) is 4.90 Å². The fourth-order valence-electron chi connectivity index (χ4n) is 4.72. The van der Waals surface area contributed by atoms with Crippen molar-refractivity contribution in [2.24, 2.45) is 5.92 Å². The number of nitrogens with one attached hydrogen (secondary N) is 1. The van der Waals surface area contributed by atoms with E-state index in [1.807, 2.05) is 0 Å². The van der Waals surface area contributed by atoms with Gasteiger partial charge in [0.2, 0.25) is 0 Å². The van der Waals surface area contributed by atoms with Gasteiger partial charge < -0.3 is 5.32 Å². The van der Waals surface area contributed by atoms with Crippen LogP contribution in [0.1, 0.15) is 77.6 Å². The summed E-state index contributed by atoms with van der Waals surface area (Å²) in [5.41, 5.74) is 0.528. The molecule has 1 heterocycles. The highest BCUT2D eigenvalue weighted by Gasteiger charge is 2.46. The predicted octanol–water partition coefficient (Wildman–Crippen LogP) is 3.95. The fraction of sp³-hybridized carbons (Fsp3) is 1.00. The number of hydrogen-bond donors (Lipinski definition) is 1. The Morgan fingerprint density at radius 2 is 1.80 bits per heavy atom. The Hall–Kier alpha value is -0.0800. The second-order valence-corrected chi connectivity index (χ2v) is 7.53. The van der Waals surface area contributed by atoms with Crippen LogP contribution in [0, 0.1) is 5.92 Å². The van der Waals surface area contributed by atoms with Crippen LogP contribution in [0.3, 0.4) is 0 Å². The van der Waals surface area contributed by atoms with Gasteiger partial charge >= 0.3 is 0 Å². The first-order valence-corrected chi connectivity index (χ1v) is 9.33. The topological polar surface area (TPSA) is 15.3 Å². The van der Waals surface area contributed by atoms with Crippen LogP contribution in [-0.4, -0.2) is 36.1 Å². The van der Waals surface area contributed by atoms with Crippen LogP contribution < -0.4 is 5.32 Å². The maximum absolute atomic E-state index is 3.97. The molecule has 1 saturated heterocycles. The number of likely N-dealkylation sites (tertiary alicyclic amines) is 1. The second kappa shape index (κ2) is 6.79. The largest absolute Gasteiger partial charge is 0.312 e. The lowest BCUT2D eigenvalue weighted by atomic mass is 9.83. The first-order valence-electron chi connectivity index (χ1n) is 9.33. The van der Waals surface area contributed by atoms with Gasteiger partial charge in [-0.2, -0.15) is 0 Å². The Morgan fingerprint density at radius 3 is 2.40 bits per heavy atom. The Bertz CT molecular complexity index is 286. The van der Waals surface area contributed by atoms with Crippen LogP contribution in [0.2, 0.25) is 0 Å². The summed E-state index contributed by atoms with van der Waals surface area (Å²) in [6.07, 6.45) is 15.9. The van der Waals surface area contributed by atoms with Gasteiger partial charge in [-0.25, -0.2) is 0 Å². The van der Waals surface area contributed by atoms with Crippen LogP contribution in [0.15, 0.2) is 0 Å². The first-order chi connectivity index (χ1) is 9.85. The minimum atomic E-state index is 0.528. The van der Waals surface area contributed by atoms with E-state index in [1.165, 1.54) is 90.3 Å². The Morgan fingerprint density at radius 1 is 1.10 bits per heavy atom. The number of hydrogen-bond acceptors (Lipinski definition) is 2. The molecule has 0 aromatic heterocycles. The van der Waals surface area contributed by atoms with Crippen molar-refractivity contribution < 1.29 is 0 Å². The van der Waals surface area contributed by atoms with Crippen molar-refractivity contribution in [3.63, 3.8) is 0 Å². The molecule has 1 N–H and O–H groups in total. The molecule has 1 aliphatic heterocycles. The molecule has 2 nitrogen and oxygen atoms in total. The van der Waals surface area contributed by atoms with Crippen LogP contribution in [0.25, 0.3) is 0 Å². The van der Waals surface area contributed by atoms with E-state index in [9.17, 15) is 0 Å². The summed E-state index contributed by atoms with van der Waals surface area (Å²) in [7, 11) is 0. The maximum Gasteiger partial charge on any atom is 0.0362 e. The molecule has 0 bridgehead atoms.